The Balaban J connectivity index is 1.64. The van der Waals surface area contributed by atoms with Crippen molar-refractivity contribution >= 4 is 17.3 Å². The van der Waals surface area contributed by atoms with Crippen LogP contribution in [-0.4, -0.2) is 11.4 Å². The molecule has 4 heteroatoms. The lowest BCUT2D eigenvalue weighted by Gasteiger charge is -2.57. The molecule has 5 rings (SSSR count). The smallest absolute Gasteiger partial charge is 0.248 e. The van der Waals surface area contributed by atoms with Crippen molar-refractivity contribution in [2.45, 2.75) is 44.1 Å². The summed E-state index contributed by atoms with van der Waals surface area (Å²) in [6.45, 7) is 0. The fraction of sp³-hybridized carbons (Fsp3) is 0.588. The first-order valence-corrected chi connectivity index (χ1v) is 8.00. The summed E-state index contributed by atoms with van der Waals surface area (Å²) < 4.78 is 0. The zero-order valence-electron chi connectivity index (χ0n) is 12.3. The molecule has 1 aromatic carbocycles. The fourth-order valence-electron chi connectivity index (χ4n) is 5.37. The SMILES string of the molecule is NC(=O)c1ccc(N)c(NC23CC4CC(CC(C4)C2)C3)c1. The van der Waals surface area contributed by atoms with Crippen molar-refractivity contribution in [1.29, 1.82) is 0 Å². The van der Waals surface area contributed by atoms with Gasteiger partial charge in [-0.05, 0) is 74.5 Å². The number of hydrogen-bond donors (Lipinski definition) is 3. The van der Waals surface area contributed by atoms with E-state index in [0.29, 0.717) is 11.3 Å². The number of amides is 1. The van der Waals surface area contributed by atoms with E-state index in [2.05, 4.69) is 5.32 Å². The Labute approximate surface area is 125 Å². The Kier molecular flexibility index (Phi) is 2.72. The summed E-state index contributed by atoms with van der Waals surface area (Å²) in [5, 5.41) is 3.72. The van der Waals surface area contributed by atoms with Crippen LogP contribution in [0.5, 0.6) is 0 Å². The fourth-order valence-corrected chi connectivity index (χ4v) is 5.37. The molecule has 4 saturated carbocycles. The monoisotopic (exact) mass is 285 g/mol. The van der Waals surface area contributed by atoms with Crippen LogP contribution < -0.4 is 16.8 Å². The van der Waals surface area contributed by atoms with E-state index >= 15 is 0 Å². The zero-order chi connectivity index (χ0) is 14.6. The van der Waals surface area contributed by atoms with Gasteiger partial charge in [0.25, 0.3) is 0 Å². The van der Waals surface area contributed by atoms with Crippen molar-refractivity contribution in [3.05, 3.63) is 23.8 Å². The minimum absolute atomic E-state index is 0.194. The van der Waals surface area contributed by atoms with Gasteiger partial charge >= 0.3 is 0 Å². The van der Waals surface area contributed by atoms with Gasteiger partial charge in [0, 0.05) is 11.1 Å². The topological polar surface area (TPSA) is 81.1 Å². The number of nitrogens with one attached hydrogen (secondary N) is 1. The number of nitrogen functional groups attached to an aromatic ring is 1. The molecule has 21 heavy (non-hydrogen) atoms. The van der Waals surface area contributed by atoms with Gasteiger partial charge in [-0.3, -0.25) is 4.79 Å². The molecular formula is C17H23N3O. The van der Waals surface area contributed by atoms with Crippen LogP contribution in [0.15, 0.2) is 18.2 Å². The summed E-state index contributed by atoms with van der Waals surface area (Å²) >= 11 is 0. The average Bonchev–Trinajstić information content (AvgIpc) is 2.39. The highest BCUT2D eigenvalue weighted by molar-refractivity contribution is 5.95. The molecule has 0 heterocycles. The molecule has 0 spiro atoms. The average molecular weight is 285 g/mol. The lowest BCUT2D eigenvalue weighted by molar-refractivity contribution is 0.0107. The van der Waals surface area contributed by atoms with Gasteiger partial charge in [0.1, 0.15) is 0 Å². The Bertz CT molecular complexity index is 560. The first-order chi connectivity index (χ1) is 10.0. The van der Waals surface area contributed by atoms with E-state index in [1.165, 1.54) is 38.5 Å². The predicted octanol–water partition coefficient (Wildman–Crippen LogP) is 2.75. The molecule has 1 amide bonds. The summed E-state index contributed by atoms with van der Waals surface area (Å²) in [4.78, 5) is 11.4. The van der Waals surface area contributed by atoms with Gasteiger partial charge in [-0.25, -0.2) is 0 Å². The molecule has 4 bridgehead atoms. The quantitative estimate of drug-likeness (QED) is 0.747. The van der Waals surface area contributed by atoms with Gasteiger partial charge in [0.2, 0.25) is 5.91 Å². The van der Waals surface area contributed by atoms with E-state index < -0.39 is 5.91 Å². The zero-order valence-corrected chi connectivity index (χ0v) is 12.3. The van der Waals surface area contributed by atoms with Crippen LogP contribution in [-0.2, 0) is 0 Å². The van der Waals surface area contributed by atoms with Gasteiger partial charge < -0.3 is 16.8 Å². The molecule has 4 aliphatic rings. The summed E-state index contributed by atoms with van der Waals surface area (Å²) in [7, 11) is 0. The second-order valence-electron chi connectivity index (χ2n) is 7.49. The maximum atomic E-state index is 11.4. The van der Waals surface area contributed by atoms with E-state index in [1.54, 1.807) is 12.1 Å². The van der Waals surface area contributed by atoms with E-state index in [9.17, 15) is 4.79 Å². The molecule has 0 aromatic heterocycles. The third-order valence-corrected chi connectivity index (χ3v) is 5.78. The molecule has 112 valence electrons. The van der Waals surface area contributed by atoms with Crippen LogP contribution in [0, 0.1) is 17.8 Å². The lowest BCUT2D eigenvalue weighted by atomic mass is 9.53. The van der Waals surface area contributed by atoms with Crippen LogP contribution in [0.3, 0.4) is 0 Å². The first kappa shape index (κ1) is 13.0. The number of carbonyl (C=O) groups is 1. The van der Waals surface area contributed by atoms with E-state index in [-0.39, 0.29) is 5.54 Å². The van der Waals surface area contributed by atoms with Crippen LogP contribution in [0.2, 0.25) is 0 Å². The molecule has 0 radical (unpaired) electrons. The largest absolute Gasteiger partial charge is 0.397 e. The first-order valence-electron chi connectivity index (χ1n) is 8.00. The third kappa shape index (κ3) is 2.17. The van der Waals surface area contributed by atoms with Crippen molar-refractivity contribution in [3.8, 4) is 0 Å². The molecular weight excluding hydrogens is 262 g/mol. The normalized spacial score (nSPS) is 36.7. The second kappa shape index (κ2) is 4.39. The molecule has 4 fully saturated rings. The van der Waals surface area contributed by atoms with Crippen molar-refractivity contribution < 1.29 is 4.79 Å². The summed E-state index contributed by atoms with van der Waals surface area (Å²) in [5.74, 6) is 2.24. The van der Waals surface area contributed by atoms with Crippen LogP contribution in [0.25, 0.3) is 0 Å². The van der Waals surface area contributed by atoms with Crippen LogP contribution >= 0.6 is 0 Å². The highest BCUT2D eigenvalue weighted by Crippen LogP contribution is 2.56. The maximum absolute atomic E-state index is 11.4. The Morgan fingerprint density at radius 3 is 2.19 bits per heavy atom. The maximum Gasteiger partial charge on any atom is 0.248 e. The molecule has 0 saturated heterocycles. The van der Waals surface area contributed by atoms with Gasteiger partial charge in [0.05, 0.1) is 11.4 Å². The number of rotatable bonds is 3. The standard InChI is InChI=1S/C17H23N3O/c18-14-2-1-13(16(19)21)6-15(14)20-17-7-10-3-11(8-17)5-12(4-10)9-17/h1-2,6,10-12,20H,3-5,7-9,18H2,(H2,19,21). The van der Waals surface area contributed by atoms with E-state index in [0.717, 1.165) is 23.4 Å². The second-order valence-corrected chi connectivity index (χ2v) is 7.49. The van der Waals surface area contributed by atoms with Crippen molar-refractivity contribution in [3.63, 3.8) is 0 Å². The summed E-state index contributed by atoms with van der Waals surface area (Å²) in [6.07, 6.45) is 7.99. The minimum Gasteiger partial charge on any atom is -0.397 e. The predicted molar refractivity (Wildman–Crippen MR) is 83.9 cm³/mol. The van der Waals surface area contributed by atoms with Crippen LogP contribution in [0.4, 0.5) is 11.4 Å². The lowest BCUT2D eigenvalue weighted by Crippen LogP contribution is -2.54. The number of primary amides is 1. The Hall–Kier alpha value is -1.71. The van der Waals surface area contributed by atoms with Crippen molar-refractivity contribution in [2.75, 3.05) is 11.1 Å². The Morgan fingerprint density at radius 2 is 1.67 bits per heavy atom. The summed E-state index contributed by atoms with van der Waals surface area (Å²) in [5.41, 5.74) is 13.8. The van der Waals surface area contributed by atoms with Gasteiger partial charge in [-0.1, -0.05) is 0 Å². The molecule has 0 aliphatic heterocycles. The number of anilines is 2. The minimum atomic E-state index is -0.399. The van der Waals surface area contributed by atoms with Crippen LogP contribution in [0.1, 0.15) is 48.9 Å². The molecule has 0 atom stereocenters. The molecule has 4 aliphatic carbocycles. The molecule has 1 aromatic rings. The molecule has 0 unspecified atom stereocenters. The number of carbonyl (C=O) groups excluding carboxylic acids is 1. The number of hydrogen-bond acceptors (Lipinski definition) is 3. The number of benzene rings is 1. The highest BCUT2D eigenvalue weighted by Gasteiger charge is 2.51. The van der Waals surface area contributed by atoms with Crippen molar-refractivity contribution in [2.24, 2.45) is 23.5 Å². The molecule has 4 nitrogen and oxygen atoms in total. The molecule has 5 N–H and O–H groups in total. The van der Waals surface area contributed by atoms with E-state index in [4.69, 9.17) is 11.5 Å². The van der Waals surface area contributed by atoms with E-state index in [1.807, 2.05) is 6.07 Å². The van der Waals surface area contributed by atoms with Crippen molar-refractivity contribution in [1.82, 2.24) is 0 Å². The van der Waals surface area contributed by atoms with Gasteiger partial charge in [0.15, 0.2) is 0 Å². The van der Waals surface area contributed by atoms with Gasteiger partial charge in [-0.15, -0.1) is 0 Å². The Morgan fingerprint density at radius 1 is 1.10 bits per heavy atom. The summed E-state index contributed by atoms with van der Waals surface area (Å²) in [6, 6.07) is 5.29. The van der Waals surface area contributed by atoms with Gasteiger partial charge in [-0.2, -0.15) is 0 Å². The number of nitrogens with two attached hydrogens (primary N) is 2. The highest BCUT2D eigenvalue weighted by atomic mass is 16.1. The third-order valence-electron chi connectivity index (χ3n) is 5.78.